The first-order valence-electron chi connectivity index (χ1n) is 41.5. The molecule has 2 unspecified atom stereocenters. The van der Waals surface area contributed by atoms with E-state index in [9.17, 15) is 43.2 Å². The smallest absolute Gasteiger partial charge is 0.462 e. The highest BCUT2D eigenvalue weighted by Crippen LogP contribution is 2.45. The number of aliphatic hydroxyl groups is 1. The summed E-state index contributed by atoms with van der Waals surface area (Å²) < 4.78 is 68.7. The molecule has 0 amide bonds. The van der Waals surface area contributed by atoms with Crippen molar-refractivity contribution < 1.29 is 80.2 Å². The van der Waals surface area contributed by atoms with Crippen molar-refractivity contribution in [3.63, 3.8) is 0 Å². The fourth-order valence-electron chi connectivity index (χ4n) is 12.0. The molecule has 0 aromatic heterocycles. The Hall–Kier alpha value is -2.46. The van der Waals surface area contributed by atoms with Crippen molar-refractivity contribution in [2.45, 2.75) is 425 Å². The van der Waals surface area contributed by atoms with Crippen molar-refractivity contribution in [1.29, 1.82) is 0 Å². The molecule has 0 fully saturated rings. The van der Waals surface area contributed by atoms with E-state index in [-0.39, 0.29) is 25.7 Å². The Balaban J connectivity index is 5.28. The minimum absolute atomic E-state index is 0.102. The van der Waals surface area contributed by atoms with Crippen LogP contribution in [0.2, 0.25) is 0 Å². The molecule has 0 saturated heterocycles. The molecule has 0 spiro atoms. The molecular formula is C81H154O17P2. The second-order valence-corrected chi connectivity index (χ2v) is 31.9. The largest absolute Gasteiger partial charge is 0.472 e. The third-order valence-electron chi connectivity index (χ3n) is 18.4. The number of carbonyl (C=O) groups excluding carboxylic acids is 4. The van der Waals surface area contributed by atoms with Crippen LogP contribution in [0.4, 0.5) is 0 Å². The summed E-state index contributed by atoms with van der Waals surface area (Å²) in [6, 6.07) is 0. The lowest BCUT2D eigenvalue weighted by Gasteiger charge is -2.21. The Labute approximate surface area is 612 Å². The van der Waals surface area contributed by atoms with Crippen LogP contribution in [0.15, 0.2) is 24.3 Å². The van der Waals surface area contributed by atoms with Crippen LogP contribution in [0, 0.1) is 5.92 Å². The summed E-state index contributed by atoms with van der Waals surface area (Å²) in [6.45, 7) is 7.25. The number of phosphoric acid groups is 2. The molecule has 0 bridgehead atoms. The van der Waals surface area contributed by atoms with Gasteiger partial charge in [0, 0.05) is 25.7 Å². The molecule has 0 rings (SSSR count). The highest BCUT2D eigenvalue weighted by atomic mass is 31.2. The van der Waals surface area contributed by atoms with E-state index in [0.717, 1.165) is 115 Å². The van der Waals surface area contributed by atoms with Crippen molar-refractivity contribution in [1.82, 2.24) is 0 Å². The third kappa shape index (κ3) is 73.8. The predicted octanol–water partition coefficient (Wildman–Crippen LogP) is 24.0. The van der Waals surface area contributed by atoms with Gasteiger partial charge in [0.2, 0.25) is 0 Å². The quantitative estimate of drug-likeness (QED) is 0.0169. The fraction of sp³-hybridized carbons (Fsp3) is 0.901. The van der Waals surface area contributed by atoms with Gasteiger partial charge in [0.25, 0.3) is 0 Å². The van der Waals surface area contributed by atoms with Gasteiger partial charge in [-0.25, -0.2) is 9.13 Å². The fourth-order valence-corrected chi connectivity index (χ4v) is 13.6. The van der Waals surface area contributed by atoms with Crippen molar-refractivity contribution in [2.75, 3.05) is 39.6 Å². The summed E-state index contributed by atoms with van der Waals surface area (Å²) in [6.07, 6.45) is 67.3. The molecule has 5 atom stereocenters. The lowest BCUT2D eigenvalue weighted by atomic mass is 10.0. The number of allylic oxidation sites excluding steroid dienone is 4. The lowest BCUT2D eigenvalue weighted by Crippen LogP contribution is -2.30. The van der Waals surface area contributed by atoms with Crippen molar-refractivity contribution in [3.8, 4) is 0 Å². The minimum Gasteiger partial charge on any atom is -0.462 e. The number of esters is 4. The van der Waals surface area contributed by atoms with E-state index in [2.05, 4.69) is 58.9 Å². The van der Waals surface area contributed by atoms with Gasteiger partial charge in [0.15, 0.2) is 12.2 Å². The Kier molecular flexibility index (Phi) is 71.6. The number of unbranched alkanes of at least 4 members (excludes halogenated alkanes) is 48. The van der Waals surface area contributed by atoms with E-state index in [1.54, 1.807) is 0 Å². The monoisotopic (exact) mass is 1460 g/mol. The van der Waals surface area contributed by atoms with Gasteiger partial charge < -0.3 is 33.8 Å². The van der Waals surface area contributed by atoms with E-state index in [1.807, 2.05) is 0 Å². The standard InChI is InChI=1S/C81H154O17P2/c1-6-9-12-15-18-21-24-27-29-30-31-32-34-37-40-46-51-56-61-66-80(85)97-76(70-92-79(84)65-60-55-50-45-39-36-33-28-25-22-19-16-13-10-7-2)72-95-99(87,88)93-68-75(82)69-94-100(89,90)96-73-77(98-81(86)67-62-57-52-47-42-41-43-48-53-58-63-74(4)5)71-91-78(83)64-59-54-49-44-38-35-26-23-20-17-14-11-8-3/h22,25,28,33,74-77,82H,6-21,23-24,26-27,29-32,34-73H2,1-5H3,(H,87,88)(H,89,90)/b25-22-,33-28-/t75-,76-,77-/m1/s1. The average Bonchev–Trinajstić information content (AvgIpc) is 0.957. The van der Waals surface area contributed by atoms with E-state index < -0.39 is 97.5 Å². The molecule has 0 saturated carbocycles. The second-order valence-electron chi connectivity index (χ2n) is 29.0. The molecule has 0 aromatic rings. The van der Waals surface area contributed by atoms with Gasteiger partial charge in [-0.15, -0.1) is 0 Å². The van der Waals surface area contributed by atoms with Gasteiger partial charge in [0.05, 0.1) is 26.4 Å². The highest BCUT2D eigenvalue weighted by molar-refractivity contribution is 7.47. The van der Waals surface area contributed by atoms with Gasteiger partial charge in [-0.05, 0) is 57.3 Å². The maximum Gasteiger partial charge on any atom is 0.472 e. The van der Waals surface area contributed by atoms with Gasteiger partial charge in [-0.3, -0.25) is 37.3 Å². The number of aliphatic hydroxyl groups excluding tert-OH is 1. The average molecular weight is 1460 g/mol. The molecule has 3 N–H and O–H groups in total. The molecule has 19 heteroatoms. The number of carbonyl (C=O) groups is 4. The van der Waals surface area contributed by atoms with Crippen LogP contribution in [0.5, 0.6) is 0 Å². The predicted molar refractivity (Wildman–Crippen MR) is 409 cm³/mol. The Bertz CT molecular complexity index is 2000. The third-order valence-corrected chi connectivity index (χ3v) is 20.3. The van der Waals surface area contributed by atoms with Crippen LogP contribution in [0.1, 0.15) is 407 Å². The molecule has 17 nitrogen and oxygen atoms in total. The van der Waals surface area contributed by atoms with Crippen molar-refractivity contribution in [3.05, 3.63) is 24.3 Å². The van der Waals surface area contributed by atoms with Gasteiger partial charge in [-0.1, -0.05) is 354 Å². The zero-order valence-corrected chi connectivity index (χ0v) is 66.6. The molecule has 0 aliphatic carbocycles. The van der Waals surface area contributed by atoms with Crippen LogP contribution in [-0.4, -0.2) is 96.7 Å². The summed E-state index contributed by atoms with van der Waals surface area (Å²) in [7, 11) is -9.93. The molecular weight excluding hydrogens is 1310 g/mol. The molecule has 0 aromatic carbocycles. The summed E-state index contributed by atoms with van der Waals surface area (Å²) in [5.74, 6) is -1.39. The Morgan fingerprint density at radius 2 is 0.540 bits per heavy atom. The van der Waals surface area contributed by atoms with Crippen LogP contribution in [0.25, 0.3) is 0 Å². The first kappa shape index (κ1) is 97.5. The summed E-state index contributed by atoms with van der Waals surface area (Å²) >= 11 is 0. The molecule has 590 valence electrons. The van der Waals surface area contributed by atoms with Crippen LogP contribution >= 0.6 is 15.6 Å². The topological polar surface area (TPSA) is 237 Å². The van der Waals surface area contributed by atoms with E-state index >= 15 is 0 Å². The molecule has 0 aliphatic rings. The van der Waals surface area contributed by atoms with Gasteiger partial charge in [-0.2, -0.15) is 0 Å². The number of ether oxygens (including phenoxy) is 4. The summed E-state index contributed by atoms with van der Waals surface area (Å²) in [5, 5.41) is 10.6. The first-order chi connectivity index (χ1) is 48.5. The van der Waals surface area contributed by atoms with Crippen LogP contribution in [0.3, 0.4) is 0 Å². The maximum atomic E-state index is 13.1. The summed E-state index contributed by atoms with van der Waals surface area (Å²) in [4.78, 5) is 73.0. The Morgan fingerprint density at radius 1 is 0.310 bits per heavy atom. The first-order valence-corrected chi connectivity index (χ1v) is 44.4. The van der Waals surface area contributed by atoms with Gasteiger partial charge in [0.1, 0.15) is 19.3 Å². The summed E-state index contributed by atoms with van der Waals surface area (Å²) in [5.41, 5.74) is 0. The number of hydrogen-bond acceptors (Lipinski definition) is 15. The Morgan fingerprint density at radius 3 is 0.820 bits per heavy atom. The lowest BCUT2D eigenvalue weighted by molar-refractivity contribution is -0.161. The highest BCUT2D eigenvalue weighted by Gasteiger charge is 2.30. The number of hydrogen-bond donors (Lipinski definition) is 3. The zero-order valence-electron chi connectivity index (χ0n) is 64.8. The van der Waals surface area contributed by atoms with Crippen molar-refractivity contribution >= 4 is 39.5 Å². The maximum absolute atomic E-state index is 13.1. The normalized spacial score (nSPS) is 14.0. The van der Waals surface area contributed by atoms with E-state index in [0.29, 0.717) is 25.7 Å². The van der Waals surface area contributed by atoms with Gasteiger partial charge >= 0.3 is 39.5 Å². The van der Waals surface area contributed by atoms with Crippen LogP contribution < -0.4 is 0 Å². The van der Waals surface area contributed by atoms with E-state index in [4.69, 9.17) is 37.0 Å². The van der Waals surface area contributed by atoms with Crippen molar-refractivity contribution in [2.24, 2.45) is 5.92 Å². The second kappa shape index (κ2) is 73.4. The van der Waals surface area contributed by atoms with Crippen LogP contribution in [-0.2, 0) is 65.4 Å². The number of phosphoric ester groups is 2. The molecule has 100 heavy (non-hydrogen) atoms. The molecule has 0 radical (unpaired) electrons. The van der Waals surface area contributed by atoms with E-state index in [1.165, 1.54) is 212 Å². The minimum atomic E-state index is -4.97. The molecule has 0 heterocycles. The number of rotatable bonds is 79. The SMILES string of the molecule is CCCCCC/C=C\C=C/CCCCCCCC(=O)OC[C@H](COP(=O)(O)OC[C@@H](O)COP(=O)(O)OC[C@@H](COC(=O)CCCCCCCCCCCCCCC)OC(=O)CCCCCCCCCCCCC(C)C)OC(=O)CCCCCCCCCCCCCCCCCCCCC. The molecule has 0 aliphatic heterocycles. The zero-order chi connectivity index (χ0) is 73.4.